The van der Waals surface area contributed by atoms with Gasteiger partial charge in [-0.15, -0.1) is 11.3 Å². The highest BCUT2D eigenvalue weighted by atomic mass is 35.5. The summed E-state index contributed by atoms with van der Waals surface area (Å²) in [6.07, 6.45) is 0. The first-order valence-electron chi connectivity index (χ1n) is 4.74. The Morgan fingerprint density at radius 3 is 2.50 bits per heavy atom. The normalized spacial score (nSPS) is 14.8. The summed E-state index contributed by atoms with van der Waals surface area (Å²) in [7, 11) is 0. The van der Waals surface area contributed by atoms with Gasteiger partial charge in [-0.25, -0.2) is 0 Å². The van der Waals surface area contributed by atoms with Crippen molar-refractivity contribution in [2.24, 2.45) is 0 Å². The van der Waals surface area contributed by atoms with E-state index in [0.29, 0.717) is 9.36 Å². The molecular formula is C12H10Cl2OS. The molecule has 0 aliphatic rings. The van der Waals surface area contributed by atoms with Crippen molar-refractivity contribution in [3.8, 4) is 0 Å². The number of hydrogen-bond donors (Lipinski definition) is 1. The van der Waals surface area contributed by atoms with Crippen LogP contribution in [0.4, 0.5) is 0 Å². The molecule has 0 spiro atoms. The van der Waals surface area contributed by atoms with Crippen LogP contribution in [0.1, 0.15) is 17.4 Å². The second-order valence-corrected chi connectivity index (χ2v) is 5.84. The Balaban J connectivity index is 2.46. The summed E-state index contributed by atoms with van der Waals surface area (Å²) in [4.78, 5) is 0.805. The minimum atomic E-state index is -1.05. The molecule has 1 aromatic heterocycles. The van der Waals surface area contributed by atoms with Gasteiger partial charge in [0.15, 0.2) is 0 Å². The van der Waals surface area contributed by atoms with Crippen LogP contribution < -0.4 is 0 Å². The van der Waals surface area contributed by atoms with Gasteiger partial charge >= 0.3 is 0 Å². The van der Waals surface area contributed by atoms with E-state index >= 15 is 0 Å². The van der Waals surface area contributed by atoms with Crippen LogP contribution in [0.2, 0.25) is 9.36 Å². The zero-order valence-corrected chi connectivity index (χ0v) is 10.9. The number of halogens is 2. The maximum atomic E-state index is 10.5. The monoisotopic (exact) mass is 272 g/mol. The maximum absolute atomic E-state index is 10.5. The standard InChI is InChI=1S/C12H10Cl2OS/c1-12(15,10-5-6-11(14)16-10)8-3-2-4-9(13)7-8/h2-7,15H,1H3. The number of rotatable bonds is 2. The van der Waals surface area contributed by atoms with Crippen LogP contribution in [-0.2, 0) is 5.60 Å². The van der Waals surface area contributed by atoms with Gasteiger partial charge < -0.3 is 5.11 Å². The summed E-state index contributed by atoms with van der Waals surface area (Å²) in [5.74, 6) is 0. The first kappa shape index (κ1) is 11.9. The van der Waals surface area contributed by atoms with Gasteiger partial charge in [0.05, 0.1) is 4.34 Å². The molecule has 0 aliphatic carbocycles. The Morgan fingerprint density at radius 1 is 1.19 bits per heavy atom. The molecule has 4 heteroatoms. The predicted octanol–water partition coefficient (Wildman–Crippen LogP) is 4.31. The van der Waals surface area contributed by atoms with E-state index in [9.17, 15) is 5.11 Å². The largest absolute Gasteiger partial charge is 0.380 e. The van der Waals surface area contributed by atoms with Gasteiger partial charge in [0.1, 0.15) is 5.60 Å². The van der Waals surface area contributed by atoms with Gasteiger partial charge in [-0.1, -0.05) is 35.3 Å². The smallest absolute Gasteiger partial charge is 0.121 e. The molecule has 1 unspecified atom stereocenters. The second kappa shape index (κ2) is 4.38. The van der Waals surface area contributed by atoms with Crippen molar-refractivity contribution < 1.29 is 5.11 Å². The summed E-state index contributed by atoms with van der Waals surface area (Å²) < 4.78 is 0.664. The summed E-state index contributed by atoms with van der Waals surface area (Å²) in [6, 6.07) is 10.8. The molecule has 1 atom stereocenters. The topological polar surface area (TPSA) is 20.2 Å². The van der Waals surface area contributed by atoms with E-state index in [1.165, 1.54) is 11.3 Å². The van der Waals surface area contributed by atoms with Crippen LogP contribution in [-0.4, -0.2) is 5.11 Å². The number of thiophene rings is 1. The molecule has 1 heterocycles. The van der Waals surface area contributed by atoms with E-state index in [0.717, 1.165) is 10.4 Å². The Hall–Kier alpha value is -0.540. The van der Waals surface area contributed by atoms with E-state index < -0.39 is 5.60 Å². The van der Waals surface area contributed by atoms with Crippen molar-refractivity contribution in [3.63, 3.8) is 0 Å². The highest BCUT2D eigenvalue weighted by Crippen LogP contribution is 2.36. The molecule has 16 heavy (non-hydrogen) atoms. The molecule has 0 bridgehead atoms. The SMILES string of the molecule is CC(O)(c1cccc(Cl)c1)c1ccc(Cl)s1. The van der Waals surface area contributed by atoms with Crippen molar-refractivity contribution in [2.45, 2.75) is 12.5 Å². The quantitative estimate of drug-likeness (QED) is 0.864. The fourth-order valence-electron chi connectivity index (χ4n) is 1.51. The molecule has 84 valence electrons. The number of hydrogen-bond acceptors (Lipinski definition) is 2. The third-order valence-corrected chi connectivity index (χ3v) is 4.12. The lowest BCUT2D eigenvalue weighted by Gasteiger charge is -2.22. The Kier molecular flexibility index (Phi) is 3.27. The predicted molar refractivity (Wildman–Crippen MR) is 69.5 cm³/mol. The summed E-state index contributed by atoms with van der Waals surface area (Å²) >= 11 is 13.1. The maximum Gasteiger partial charge on any atom is 0.121 e. The van der Waals surface area contributed by atoms with Crippen LogP contribution in [0.5, 0.6) is 0 Å². The zero-order chi connectivity index (χ0) is 11.8. The summed E-state index contributed by atoms with van der Waals surface area (Å²) in [5, 5.41) is 11.1. The summed E-state index contributed by atoms with van der Waals surface area (Å²) in [5.41, 5.74) is -0.290. The van der Waals surface area contributed by atoms with Crippen molar-refractivity contribution >= 4 is 34.5 Å². The van der Waals surface area contributed by atoms with Gasteiger partial charge in [-0.2, -0.15) is 0 Å². The van der Waals surface area contributed by atoms with E-state index in [2.05, 4.69) is 0 Å². The lowest BCUT2D eigenvalue weighted by atomic mass is 9.94. The van der Waals surface area contributed by atoms with Crippen LogP contribution >= 0.6 is 34.5 Å². The lowest BCUT2D eigenvalue weighted by molar-refractivity contribution is 0.106. The average Bonchev–Trinajstić information content (AvgIpc) is 2.65. The third-order valence-electron chi connectivity index (χ3n) is 2.44. The van der Waals surface area contributed by atoms with Crippen molar-refractivity contribution in [1.82, 2.24) is 0 Å². The van der Waals surface area contributed by atoms with Crippen molar-refractivity contribution in [1.29, 1.82) is 0 Å². The molecule has 0 saturated carbocycles. The Morgan fingerprint density at radius 2 is 1.94 bits per heavy atom. The van der Waals surface area contributed by atoms with E-state index in [-0.39, 0.29) is 0 Å². The molecule has 1 N–H and O–H groups in total. The van der Waals surface area contributed by atoms with Gasteiger partial charge in [0.2, 0.25) is 0 Å². The van der Waals surface area contributed by atoms with E-state index in [4.69, 9.17) is 23.2 Å². The highest BCUT2D eigenvalue weighted by Gasteiger charge is 2.27. The molecule has 2 aromatic rings. The minimum Gasteiger partial charge on any atom is -0.380 e. The Bertz CT molecular complexity index is 505. The number of benzene rings is 1. The minimum absolute atomic E-state index is 0.612. The molecule has 1 aromatic carbocycles. The molecule has 0 aliphatic heterocycles. The van der Waals surface area contributed by atoms with E-state index in [1.54, 1.807) is 25.1 Å². The zero-order valence-electron chi connectivity index (χ0n) is 8.58. The first-order valence-corrected chi connectivity index (χ1v) is 6.31. The average molecular weight is 273 g/mol. The molecule has 2 rings (SSSR count). The molecule has 0 saturated heterocycles. The highest BCUT2D eigenvalue weighted by molar-refractivity contribution is 7.16. The van der Waals surface area contributed by atoms with E-state index in [1.807, 2.05) is 18.2 Å². The third kappa shape index (κ3) is 2.25. The fourth-order valence-corrected chi connectivity index (χ4v) is 2.81. The van der Waals surface area contributed by atoms with Gasteiger partial charge in [0, 0.05) is 9.90 Å². The van der Waals surface area contributed by atoms with Crippen LogP contribution in [0, 0.1) is 0 Å². The summed E-state index contributed by atoms with van der Waals surface area (Å²) in [6.45, 7) is 1.74. The van der Waals surface area contributed by atoms with Crippen LogP contribution in [0.15, 0.2) is 36.4 Å². The van der Waals surface area contributed by atoms with Crippen molar-refractivity contribution in [2.75, 3.05) is 0 Å². The first-order chi connectivity index (χ1) is 7.50. The molecule has 1 nitrogen and oxygen atoms in total. The number of aliphatic hydroxyl groups is 1. The van der Waals surface area contributed by atoms with Gasteiger partial charge in [0.25, 0.3) is 0 Å². The Labute approximate surface area is 108 Å². The van der Waals surface area contributed by atoms with Crippen LogP contribution in [0.25, 0.3) is 0 Å². The van der Waals surface area contributed by atoms with Crippen molar-refractivity contribution in [3.05, 3.63) is 56.2 Å². The molecular weight excluding hydrogens is 263 g/mol. The molecule has 0 amide bonds. The van der Waals surface area contributed by atoms with Crippen LogP contribution in [0.3, 0.4) is 0 Å². The molecule has 0 fully saturated rings. The second-order valence-electron chi connectivity index (χ2n) is 3.69. The fraction of sp³-hybridized carbons (Fsp3) is 0.167. The van der Waals surface area contributed by atoms with Gasteiger partial charge in [-0.05, 0) is 36.8 Å². The van der Waals surface area contributed by atoms with Gasteiger partial charge in [-0.3, -0.25) is 0 Å². The lowest BCUT2D eigenvalue weighted by Crippen LogP contribution is -2.21. The molecule has 0 radical (unpaired) electrons.